The molecule has 76 valence electrons. The topological polar surface area (TPSA) is 20.3 Å². The van der Waals surface area contributed by atoms with Crippen molar-refractivity contribution in [1.29, 1.82) is 0 Å². The third kappa shape index (κ3) is 2.13. The summed E-state index contributed by atoms with van der Waals surface area (Å²) in [6.07, 6.45) is 0.925. The van der Waals surface area contributed by atoms with E-state index in [2.05, 4.69) is 32.9 Å². The van der Waals surface area contributed by atoms with E-state index < -0.39 is 0 Å². The van der Waals surface area contributed by atoms with Crippen LogP contribution >= 0.6 is 0 Å². The first-order valence-corrected chi connectivity index (χ1v) is 4.79. The minimum atomic E-state index is 0.448. The molecule has 0 aliphatic rings. The minimum Gasteiger partial charge on any atom is -0.367 e. The van der Waals surface area contributed by atoms with Gasteiger partial charge >= 0.3 is 0 Å². The Morgan fingerprint density at radius 2 is 1.71 bits per heavy atom. The van der Waals surface area contributed by atoms with E-state index in [1.807, 2.05) is 11.9 Å². The lowest BCUT2D eigenvalue weighted by Gasteiger charge is -2.20. The number of hydrogen-bond donors (Lipinski definition) is 0. The largest absolute Gasteiger partial charge is 0.367 e. The molecule has 0 aromatic heterocycles. The van der Waals surface area contributed by atoms with E-state index in [9.17, 15) is 4.79 Å². The molecular weight excluding hydrogens is 174 g/mol. The van der Waals surface area contributed by atoms with Gasteiger partial charge in [0.25, 0.3) is 0 Å². The number of likely N-dealkylation sites (N-methyl/N-ethyl adjacent to an activating group) is 1. The van der Waals surface area contributed by atoms with Gasteiger partial charge in [-0.1, -0.05) is 6.07 Å². The van der Waals surface area contributed by atoms with Crippen molar-refractivity contribution in [1.82, 2.24) is 0 Å². The van der Waals surface area contributed by atoms with Crippen LogP contribution in [0.5, 0.6) is 0 Å². The van der Waals surface area contributed by atoms with E-state index in [4.69, 9.17) is 0 Å². The van der Waals surface area contributed by atoms with Gasteiger partial charge in [0.2, 0.25) is 0 Å². The molecule has 1 rings (SSSR count). The molecule has 0 unspecified atom stereocenters. The lowest BCUT2D eigenvalue weighted by atomic mass is 10.0. The Bertz CT molecular complexity index is 344. The van der Waals surface area contributed by atoms with E-state index in [0.29, 0.717) is 6.54 Å². The van der Waals surface area contributed by atoms with Gasteiger partial charge in [0.15, 0.2) is 0 Å². The summed E-state index contributed by atoms with van der Waals surface area (Å²) in [5, 5.41) is 0. The van der Waals surface area contributed by atoms with Gasteiger partial charge in [-0.2, -0.15) is 0 Å². The van der Waals surface area contributed by atoms with Gasteiger partial charge in [-0.3, -0.25) is 0 Å². The molecule has 0 fully saturated rings. The van der Waals surface area contributed by atoms with Crippen molar-refractivity contribution in [2.75, 3.05) is 18.5 Å². The minimum absolute atomic E-state index is 0.448. The number of hydrogen-bond acceptors (Lipinski definition) is 2. The second-order valence-corrected chi connectivity index (χ2v) is 3.77. The summed E-state index contributed by atoms with van der Waals surface area (Å²) in [6, 6.07) is 4.29. The normalized spacial score (nSPS) is 10.0. The molecule has 2 nitrogen and oxygen atoms in total. The van der Waals surface area contributed by atoms with Crippen LogP contribution in [0.25, 0.3) is 0 Å². The van der Waals surface area contributed by atoms with Gasteiger partial charge in [0.05, 0.1) is 6.54 Å². The van der Waals surface area contributed by atoms with Crippen LogP contribution in [0.4, 0.5) is 5.69 Å². The quantitative estimate of drug-likeness (QED) is 0.683. The molecule has 0 bridgehead atoms. The Hall–Kier alpha value is -1.31. The van der Waals surface area contributed by atoms with E-state index >= 15 is 0 Å². The number of nitrogens with zero attached hydrogens (tertiary/aromatic N) is 1. The van der Waals surface area contributed by atoms with Crippen molar-refractivity contribution in [3.63, 3.8) is 0 Å². The summed E-state index contributed by atoms with van der Waals surface area (Å²) in [6.45, 7) is 6.71. The molecule has 0 aliphatic heterocycles. The van der Waals surface area contributed by atoms with Crippen molar-refractivity contribution in [3.8, 4) is 0 Å². The standard InChI is InChI=1S/C12H17NO/c1-9-7-11(3)12(8-10(9)2)13(4)5-6-14/h6-8H,5H2,1-4H3. The zero-order valence-electron chi connectivity index (χ0n) is 9.29. The first kappa shape index (κ1) is 10.8. The van der Waals surface area contributed by atoms with Crippen molar-refractivity contribution < 1.29 is 4.79 Å². The van der Waals surface area contributed by atoms with Gasteiger partial charge in [-0.05, 0) is 43.5 Å². The number of rotatable bonds is 3. The highest BCUT2D eigenvalue weighted by Gasteiger charge is 2.05. The maximum Gasteiger partial charge on any atom is 0.139 e. The van der Waals surface area contributed by atoms with Gasteiger partial charge < -0.3 is 9.69 Å². The van der Waals surface area contributed by atoms with Crippen LogP contribution in [0.2, 0.25) is 0 Å². The third-order valence-corrected chi connectivity index (χ3v) is 2.57. The molecular formula is C12H17NO. The fourth-order valence-electron chi connectivity index (χ4n) is 1.57. The number of aryl methyl sites for hydroxylation is 3. The molecule has 1 aromatic carbocycles. The molecule has 0 N–H and O–H groups in total. The molecule has 0 radical (unpaired) electrons. The van der Waals surface area contributed by atoms with Gasteiger partial charge in [0.1, 0.15) is 6.29 Å². The average Bonchev–Trinajstić information content (AvgIpc) is 2.11. The number of anilines is 1. The molecule has 0 spiro atoms. The Labute approximate surface area is 85.5 Å². The van der Waals surface area contributed by atoms with E-state index in [-0.39, 0.29) is 0 Å². The fraction of sp³-hybridized carbons (Fsp3) is 0.417. The number of carbonyl (C=O) groups excluding carboxylic acids is 1. The van der Waals surface area contributed by atoms with E-state index in [0.717, 1.165) is 12.0 Å². The maximum atomic E-state index is 10.4. The molecule has 1 aromatic rings. The third-order valence-electron chi connectivity index (χ3n) is 2.57. The van der Waals surface area contributed by atoms with Crippen LogP contribution in [0, 0.1) is 20.8 Å². The highest BCUT2D eigenvalue weighted by Crippen LogP contribution is 2.22. The smallest absolute Gasteiger partial charge is 0.139 e. The van der Waals surface area contributed by atoms with Crippen LogP contribution in [0.15, 0.2) is 12.1 Å². The number of benzene rings is 1. The molecule has 2 heteroatoms. The van der Waals surface area contributed by atoms with Crippen LogP contribution < -0.4 is 4.90 Å². The number of carbonyl (C=O) groups is 1. The molecule has 0 aliphatic carbocycles. The Morgan fingerprint density at radius 3 is 2.29 bits per heavy atom. The second-order valence-electron chi connectivity index (χ2n) is 3.77. The predicted octanol–water partition coefficient (Wildman–Crippen LogP) is 2.25. The van der Waals surface area contributed by atoms with Crippen LogP contribution in [0.1, 0.15) is 16.7 Å². The van der Waals surface area contributed by atoms with Crippen molar-refractivity contribution in [2.24, 2.45) is 0 Å². The van der Waals surface area contributed by atoms with Crippen molar-refractivity contribution in [2.45, 2.75) is 20.8 Å². The zero-order chi connectivity index (χ0) is 10.7. The molecule has 0 saturated heterocycles. The van der Waals surface area contributed by atoms with E-state index in [1.54, 1.807) is 0 Å². The highest BCUT2D eigenvalue weighted by atomic mass is 16.1. The lowest BCUT2D eigenvalue weighted by Crippen LogP contribution is -2.20. The van der Waals surface area contributed by atoms with Gasteiger partial charge in [-0.15, -0.1) is 0 Å². The SMILES string of the molecule is Cc1cc(C)c(N(C)CC=O)cc1C. The summed E-state index contributed by atoms with van der Waals surface area (Å²) < 4.78 is 0. The predicted molar refractivity (Wildman–Crippen MR) is 60.0 cm³/mol. The molecule has 0 heterocycles. The average molecular weight is 191 g/mol. The summed E-state index contributed by atoms with van der Waals surface area (Å²) in [7, 11) is 1.94. The monoisotopic (exact) mass is 191 g/mol. The maximum absolute atomic E-state index is 10.4. The van der Waals surface area contributed by atoms with E-state index in [1.165, 1.54) is 16.7 Å². The van der Waals surface area contributed by atoms with Crippen LogP contribution in [-0.2, 0) is 4.79 Å². The van der Waals surface area contributed by atoms with Crippen molar-refractivity contribution in [3.05, 3.63) is 28.8 Å². The molecule has 0 saturated carbocycles. The Morgan fingerprint density at radius 1 is 1.14 bits per heavy atom. The van der Waals surface area contributed by atoms with Crippen LogP contribution in [-0.4, -0.2) is 19.9 Å². The van der Waals surface area contributed by atoms with Gasteiger partial charge in [-0.25, -0.2) is 0 Å². The molecule has 0 amide bonds. The summed E-state index contributed by atoms with van der Waals surface area (Å²) in [5.74, 6) is 0. The fourth-order valence-corrected chi connectivity index (χ4v) is 1.57. The Balaban J connectivity index is 3.08. The lowest BCUT2D eigenvalue weighted by molar-refractivity contribution is -0.106. The number of aldehydes is 1. The Kier molecular flexibility index (Phi) is 3.28. The van der Waals surface area contributed by atoms with Crippen molar-refractivity contribution >= 4 is 12.0 Å². The summed E-state index contributed by atoms with van der Waals surface area (Å²) in [5.41, 5.74) is 4.92. The zero-order valence-corrected chi connectivity index (χ0v) is 9.29. The van der Waals surface area contributed by atoms with Gasteiger partial charge in [0, 0.05) is 12.7 Å². The highest BCUT2D eigenvalue weighted by molar-refractivity contribution is 5.64. The first-order valence-electron chi connectivity index (χ1n) is 4.79. The summed E-state index contributed by atoms with van der Waals surface area (Å²) >= 11 is 0. The molecule has 14 heavy (non-hydrogen) atoms. The van der Waals surface area contributed by atoms with Crippen LogP contribution in [0.3, 0.4) is 0 Å². The molecule has 0 atom stereocenters. The second kappa shape index (κ2) is 4.27. The summed E-state index contributed by atoms with van der Waals surface area (Å²) in [4.78, 5) is 12.4. The first-order chi connectivity index (χ1) is 6.56.